The third kappa shape index (κ3) is 6.99. The molecule has 62 valence electrons. The maximum atomic E-state index is 5.11. The van der Waals surface area contributed by atoms with Gasteiger partial charge in [0.2, 0.25) is 0 Å². The van der Waals surface area contributed by atoms with E-state index in [0.29, 0.717) is 6.42 Å². The van der Waals surface area contributed by atoms with E-state index < -0.39 is 0 Å². The van der Waals surface area contributed by atoms with Gasteiger partial charge in [0.05, 0.1) is 0 Å². The topological polar surface area (TPSA) is 12.0 Å². The lowest BCUT2D eigenvalue weighted by Gasteiger charge is -2.08. The highest BCUT2D eigenvalue weighted by Gasteiger charge is 1.93. The monoisotopic (exact) mass is 151 g/mol. The summed E-state index contributed by atoms with van der Waals surface area (Å²) in [5.74, 6) is 3.28. The highest BCUT2D eigenvalue weighted by atomic mass is 14.9. The summed E-state index contributed by atoms with van der Waals surface area (Å²) in [5, 5.41) is 3.18. The first-order chi connectivity index (χ1) is 5.16. The largest absolute Gasteiger partial charge is 0.388 e. The van der Waals surface area contributed by atoms with Crippen LogP contribution in [0.4, 0.5) is 0 Å². The summed E-state index contributed by atoms with van der Waals surface area (Å²) < 4.78 is 0. The first-order valence-electron chi connectivity index (χ1n) is 4.02. The number of hydrogen-bond acceptors (Lipinski definition) is 1. The third-order valence-corrected chi connectivity index (χ3v) is 1.41. The summed E-state index contributed by atoms with van der Waals surface area (Å²) in [5.41, 5.74) is 0.952. The fourth-order valence-electron chi connectivity index (χ4n) is 0.723. The van der Waals surface area contributed by atoms with Gasteiger partial charge in [0.15, 0.2) is 0 Å². The predicted octanol–water partition coefficient (Wildman–Crippen LogP) is 2.16. The van der Waals surface area contributed by atoms with Crippen molar-refractivity contribution in [3.63, 3.8) is 0 Å². The number of hydrogen-bond donors (Lipinski definition) is 1. The van der Waals surface area contributed by atoms with E-state index in [-0.39, 0.29) is 0 Å². The summed E-state index contributed by atoms with van der Waals surface area (Å²) in [6.45, 7) is 9.17. The molecule has 0 aromatic carbocycles. The standard InChI is InChI=1S/C10H17N/c1-5-6-10(4)11-8-7-9(2)3/h1,9,11H,4,6-8H2,2-3H3. The minimum atomic E-state index is 0.637. The second-order valence-corrected chi connectivity index (χ2v) is 3.09. The highest BCUT2D eigenvalue weighted by molar-refractivity contribution is 5.03. The molecule has 0 bridgehead atoms. The smallest absolute Gasteiger partial charge is 0.0479 e. The fourth-order valence-corrected chi connectivity index (χ4v) is 0.723. The molecule has 0 fully saturated rings. The van der Waals surface area contributed by atoms with Gasteiger partial charge in [-0.25, -0.2) is 0 Å². The summed E-state index contributed by atoms with van der Waals surface area (Å²) in [6.07, 6.45) is 6.92. The number of terminal acetylenes is 1. The Hall–Kier alpha value is -0.900. The quantitative estimate of drug-likeness (QED) is 0.594. The molecule has 0 aliphatic carbocycles. The van der Waals surface area contributed by atoms with Gasteiger partial charge in [-0.2, -0.15) is 0 Å². The van der Waals surface area contributed by atoms with Gasteiger partial charge in [-0.3, -0.25) is 0 Å². The molecule has 1 nitrogen and oxygen atoms in total. The van der Waals surface area contributed by atoms with Crippen LogP contribution in [0.1, 0.15) is 26.7 Å². The van der Waals surface area contributed by atoms with E-state index >= 15 is 0 Å². The Morgan fingerprint density at radius 1 is 1.64 bits per heavy atom. The Balaban J connectivity index is 3.26. The molecule has 0 heterocycles. The van der Waals surface area contributed by atoms with Crippen LogP contribution in [-0.4, -0.2) is 6.54 Å². The Morgan fingerprint density at radius 3 is 2.73 bits per heavy atom. The van der Waals surface area contributed by atoms with Crippen molar-refractivity contribution in [2.24, 2.45) is 5.92 Å². The van der Waals surface area contributed by atoms with Crippen molar-refractivity contribution in [1.82, 2.24) is 5.32 Å². The Kier molecular flexibility index (Phi) is 5.37. The van der Waals surface area contributed by atoms with Crippen molar-refractivity contribution in [3.05, 3.63) is 12.3 Å². The number of rotatable bonds is 5. The lowest BCUT2D eigenvalue weighted by molar-refractivity contribution is 0.562. The first kappa shape index (κ1) is 10.1. The van der Waals surface area contributed by atoms with E-state index in [2.05, 4.69) is 31.7 Å². The zero-order valence-electron chi connectivity index (χ0n) is 7.48. The van der Waals surface area contributed by atoms with Crippen molar-refractivity contribution >= 4 is 0 Å². The minimum Gasteiger partial charge on any atom is -0.388 e. The summed E-state index contributed by atoms with van der Waals surface area (Å²) in [6, 6.07) is 0. The maximum Gasteiger partial charge on any atom is 0.0479 e. The summed E-state index contributed by atoms with van der Waals surface area (Å²) >= 11 is 0. The van der Waals surface area contributed by atoms with E-state index in [9.17, 15) is 0 Å². The normalized spacial score (nSPS) is 9.27. The van der Waals surface area contributed by atoms with Crippen LogP contribution in [0.5, 0.6) is 0 Å². The maximum absolute atomic E-state index is 5.11. The van der Waals surface area contributed by atoms with Gasteiger partial charge in [0.25, 0.3) is 0 Å². The third-order valence-electron chi connectivity index (χ3n) is 1.41. The summed E-state index contributed by atoms with van der Waals surface area (Å²) in [4.78, 5) is 0. The molecule has 0 aliphatic rings. The van der Waals surface area contributed by atoms with E-state index in [0.717, 1.165) is 18.2 Å². The van der Waals surface area contributed by atoms with Gasteiger partial charge in [0, 0.05) is 18.7 Å². The lowest BCUT2D eigenvalue weighted by Crippen LogP contribution is -2.15. The predicted molar refractivity (Wildman–Crippen MR) is 50.0 cm³/mol. The minimum absolute atomic E-state index is 0.637. The zero-order valence-corrected chi connectivity index (χ0v) is 7.48. The SMILES string of the molecule is C#CCC(=C)NCCC(C)C. The Labute approximate surface area is 69.9 Å². The van der Waals surface area contributed by atoms with Gasteiger partial charge in [-0.1, -0.05) is 20.4 Å². The van der Waals surface area contributed by atoms with Gasteiger partial charge in [-0.15, -0.1) is 12.3 Å². The van der Waals surface area contributed by atoms with Crippen LogP contribution in [0.25, 0.3) is 0 Å². The number of nitrogens with one attached hydrogen (secondary N) is 1. The van der Waals surface area contributed by atoms with Crippen LogP contribution in [0.15, 0.2) is 12.3 Å². The Bertz CT molecular complexity index is 151. The molecule has 0 aliphatic heterocycles. The molecule has 0 amide bonds. The molecule has 0 rings (SSSR count). The summed E-state index contributed by atoms with van der Waals surface area (Å²) in [7, 11) is 0. The molecule has 0 radical (unpaired) electrons. The second-order valence-electron chi connectivity index (χ2n) is 3.09. The van der Waals surface area contributed by atoms with Crippen molar-refractivity contribution in [2.45, 2.75) is 26.7 Å². The van der Waals surface area contributed by atoms with E-state index in [1.54, 1.807) is 0 Å². The van der Waals surface area contributed by atoms with Crippen molar-refractivity contribution < 1.29 is 0 Å². The van der Waals surface area contributed by atoms with Crippen LogP contribution < -0.4 is 5.32 Å². The van der Waals surface area contributed by atoms with Gasteiger partial charge in [-0.05, 0) is 12.3 Å². The molecule has 0 unspecified atom stereocenters. The second kappa shape index (κ2) is 5.85. The van der Waals surface area contributed by atoms with Crippen LogP contribution in [0.3, 0.4) is 0 Å². The highest BCUT2D eigenvalue weighted by Crippen LogP contribution is 1.98. The van der Waals surface area contributed by atoms with E-state index in [4.69, 9.17) is 6.42 Å². The zero-order chi connectivity index (χ0) is 8.69. The molecule has 1 N–H and O–H groups in total. The van der Waals surface area contributed by atoms with E-state index in [1.165, 1.54) is 6.42 Å². The molecule has 0 aromatic heterocycles. The van der Waals surface area contributed by atoms with Gasteiger partial charge in [0.1, 0.15) is 0 Å². The molecule has 11 heavy (non-hydrogen) atoms. The first-order valence-corrected chi connectivity index (χ1v) is 4.02. The van der Waals surface area contributed by atoms with Crippen molar-refractivity contribution in [2.75, 3.05) is 6.54 Å². The lowest BCUT2D eigenvalue weighted by atomic mass is 10.1. The average molecular weight is 151 g/mol. The molecule has 0 aromatic rings. The van der Waals surface area contributed by atoms with Crippen molar-refractivity contribution in [3.8, 4) is 12.3 Å². The molecule has 0 atom stereocenters. The number of allylic oxidation sites excluding steroid dienone is 1. The van der Waals surface area contributed by atoms with Gasteiger partial charge >= 0.3 is 0 Å². The van der Waals surface area contributed by atoms with Crippen molar-refractivity contribution in [1.29, 1.82) is 0 Å². The van der Waals surface area contributed by atoms with Crippen LogP contribution in [0, 0.1) is 18.3 Å². The molecule has 1 heteroatoms. The fraction of sp³-hybridized carbons (Fsp3) is 0.600. The van der Waals surface area contributed by atoms with Crippen LogP contribution >= 0.6 is 0 Å². The van der Waals surface area contributed by atoms with Crippen LogP contribution in [0.2, 0.25) is 0 Å². The molecule has 0 saturated heterocycles. The molecular formula is C10H17N. The van der Waals surface area contributed by atoms with E-state index in [1.807, 2.05) is 0 Å². The molecular weight excluding hydrogens is 134 g/mol. The molecule has 0 spiro atoms. The average Bonchev–Trinajstić information content (AvgIpc) is 1.87. The Morgan fingerprint density at radius 2 is 2.27 bits per heavy atom. The van der Waals surface area contributed by atoms with Gasteiger partial charge < -0.3 is 5.32 Å². The molecule has 0 saturated carbocycles. The van der Waals surface area contributed by atoms with Crippen LogP contribution in [-0.2, 0) is 0 Å².